The average Bonchev–Trinajstić information content (AvgIpc) is 3.13. The molecule has 2 unspecified atom stereocenters. The molecule has 0 aromatic heterocycles. The van der Waals surface area contributed by atoms with Crippen LogP contribution in [0, 0.1) is 17.8 Å². The lowest BCUT2D eigenvalue weighted by atomic mass is 9.75. The third-order valence-corrected chi connectivity index (χ3v) is 12.1. The van der Waals surface area contributed by atoms with E-state index in [2.05, 4.69) is 65.8 Å². The summed E-state index contributed by atoms with van der Waals surface area (Å²) in [6.45, 7) is 19.7. The standard InChI is InChI=1S/C48H82O6/c1-11-12-13-14-15-17-20-31-43(32-21-18-16-19-22-33-45(49)51-10)52-54-48-42(8)40(6)46(50)41(7)44(48)34-36-47(9,53-48)35-25-30-39(5)29-24-28-38(4)27-23-26-37(2)3/h15,17,20,31,37-39,43H,11-14,16,18-19,21-30,32-36H2,1-10H3/b17-15-,31-20+/t38-,39-,43?,47-,48?/m1/s1. The topological polar surface area (TPSA) is 71.1 Å². The zero-order valence-electron chi connectivity index (χ0n) is 36.6. The van der Waals surface area contributed by atoms with Gasteiger partial charge in [0.2, 0.25) is 5.79 Å². The average molecular weight is 755 g/mol. The lowest BCUT2D eigenvalue weighted by molar-refractivity contribution is -0.436. The van der Waals surface area contributed by atoms with E-state index in [0.29, 0.717) is 17.9 Å². The molecular weight excluding hydrogens is 673 g/mol. The molecule has 0 N–H and O–H groups in total. The number of rotatable bonds is 29. The molecule has 54 heavy (non-hydrogen) atoms. The van der Waals surface area contributed by atoms with E-state index in [-0.39, 0.29) is 17.9 Å². The molecule has 0 bridgehead atoms. The van der Waals surface area contributed by atoms with E-state index >= 15 is 0 Å². The Balaban J connectivity index is 2.10. The van der Waals surface area contributed by atoms with E-state index in [1.807, 2.05) is 20.8 Å². The molecule has 1 fully saturated rings. The Bertz CT molecular complexity index is 1230. The molecule has 6 nitrogen and oxygen atoms in total. The number of ketones is 1. The molecule has 0 saturated carbocycles. The van der Waals surface area contributed by atoms with Crippen molar-refractivity contribution in [3.05, 3.63) is 46.6 Å². The van der Waals surface area contributed by atoms with Gasteiger partial charge in [0.25, 0.3) is 0 Å². The van der Waals surface area contributed by atoms with Gasteiger partial charge in [-0.2, -0.15) is 4.89 Å². The fraction of sp³-hybridized carbons (Fsp3) is 0.792. The molecule has 1 aliphatic heterocycles. The molecule has 1 aliphatic carbocycles. The van der Waals surface area contributed by atoms with Gasteiger partial charge in [0, 0.05) is 23.1 Å². The van der Waals surface area contributed by atoms with Crippen LogP contribution in [-0.4, -0.2) is 36.4 Å². The van der Waals surface area contributed by atoms with E-state index in [1.54, 1.807) is 0 Å². The van der Waals surface area contributed by atoms with Crippen LogP contribution in [0.2, 0.25) is 0 Å². The van der Waals surface area contributed by atoms with Crippen molar-refractivity contribution < 1.29 is 28.8 Å². The molecule has 0 amide bonds. The highest BCUT2D eigenvalue weighted by atomic mass is 17.2. The molecular formula is C48H82O6. The number of ether oxygens (including phenoxy) is 2. The van der Waals surface area contributed by atoms with E-state index < -0.39 is 11.4 Å². The van der Waals surface area contributed by atoms with Crippen molar-refractivity contribution in [1.82, 2.24) is 0 Å². The van der Waals surface area contributed by atoms with E-state index in [4.69, 9.17) is 19.2 Å². The van der Waals surface area contributed by atoms with Crippen molar-refractivity contribution in [3.63, 3.8) is 0 Å². The minimum Gasteiger partial charge on any atom is -0.469 e. The number of hydrogen-bond donors (Lipinski definition) is 0. The molecule has 2 rings (SSSR count). The van der Waals surface area contributed by atoms with Gasteiger partial charge in [-0.3, -0.25) is 9.59 Å². The summed E-state index contributed by atoms with van der Waals surface area (Å²) >= 11 is 0. The van der Waals surface area contributed by atoms with E-state index in [9.17, 15) is 9.59 Å². The predicted octanol–water partition coefficient (Wildman–Crippen LogP) is 13.8. The molecule has 0 aromatic rings. The molecule has 0 spiro atoms. The SMILES string of the molecule is CCCCC/C=C\C=C\C(CCCCCCCC(=O)OC)OOC12O[C@](C)(CCC[C@H](C)CCC[C@H](C)CCCC(C)C)CCC1=C(C)C(=O)C(C)=C2C. The Labute approximate surface area is 332 Å². The summed E-state index contributed by atoms with van der Waals surface area (Å²) in [4.78, 5) is 37.8. The maximum absolute atomic E-state index is 13.3. The summed E-state index contributed by atoms with van der Waals surface area (Å²) in [5.41, 5.74) is 2.73. The quantitative estimate of drug-likeness (QED) is 0.0249. The fourth-order valence-electron chi connectivity index (χ4n) is 8.12. The summed E-state index contributed by atoms with van der Waals surface area (Å²) < 4.78 is 11.9. The highest BCUT2D eigenvalue weighted by Gasteiger charge is 2.54. The van der Waals surface area contributed by atoms with Crippen molar-refractivity contribution in [2.75, 3.05) is 7.11 Å². The van der Waals surface area contributed by atoms with Crippen LogP contribution in [-0.2, 0) is 28.8 Å². The summed E-state index contributed by atoms with van der Waals surface area (Å²) in [6.07, 6.45) is 32.1. The number of unbranched alkanes of at least 4 members (excludes halogenated alkanes) is 7. The molecule has 1 heterocycles. The number of allylic oxidation sites excluding steroid dienone is 5. The number of hydrogen-bond acceptors (Lipinski definition) is 6. The van der Waals surface area contributed by atoms with Gasteiger partial charge in [-0.25, -0.2) is 4.89 Å². The fourth-order valence-corrected chi connectivity index (χ4v) is 8.12. The number of esters is 1. The van der Waals surface area contributed by atoms with Crippen molar-refractivity contribution in [3.8, 4) is 0 Å². The molecule has 310 valence electrons. The third-order valence-electron chi connectivity index (χ3n) is 12.1. The molecule has 1 saturated heterocycles. The first-order valence-electron chi connectivity index (χ1n) is 22.2. The van der Waals surface area contributed by atoms with Crippen LogP contribution in [0.25, 0.3) is 0 Å². The lowest BCUT2D eigenvalue weighted by Crippen LogP contribution is -2.54. The van der Waals surface area contributed by atoms with Crippen LogP contribution >= 0.6 is 0 Å². The van der Waals surface area contributed by atoms with E-state index in [0.717, 1.165) is 99.2 Å². The van der Waals surface area contributed by atoms with Gasteiger partial charge in [0.05, 0.1) is 12.7 Å². The van der Waals surface area contributed by atoms with Crippen LogP contribution < -0.4 is 0 Å². The minimum absolute atomic E-state index is 0.0776. The van der Waals surface area contributed by atoms with Gasteiger partial charge < -0.3 is 9.47 Å². The second-order valence-corrected chi connectivity index (χ2v) is 17.6. The number of methoxy groups -OCH3 is 1. The Kier molecular flexibility index (Phi) is 23.2. The Morgan fingerprint density at radius 3 is 2.11 bits per heavy atom. The van der Waals surface area contributed by atoms with Crippen LogP contribution in [0.15, 0.2) is 46.6 Å². The molecule has 2 aliphatic rings. The second-order valence-electron chi connectivity index (χ2n) is 17.6. The first-order chi connectivity index (χ1) is 25.8. The predicted molar refractivity (Wildman–Crippen MR) is 225 cm³/mol. The smallest absolute Gasteiger partial charge is 0.305 e. The van der Waals surface area contributed by atoms with Crippen molar-refractivity contribution in [1.29, 1.82) is 0 Å². The summed E-state index contributed by atoms with van der Waals surface area (Å²) in [6, 6.07) is 0. The molecule has 6 heteroatoms. The maximum Gasteiger partial charge on any atom is 0.305 e. The molecule has 0 radical (unpaired) electrons. The number of carbonyl (C=O) groups excluding carboxylic acids is 2. The van der Waals surface area contributed by atoms with Gasteiger partial charge in [-0.1, -0.05) is 149 Å². The van der Waals surface area contributed by atoms with Gasteiger partial charge >= 0.3 is 5.97 Å². The Hall–Kier alpha value is -2.02. The van der Waals surface area contributed by atoms with Gasteiger partial charge in [0.1, 0.15) is 6.10 Å². The van der Waals surface area contributed by atoms with Crippen molar-refractivity contribution in [2.24, 2.45) is 17.8 Å². The van der Waals surface area contributed by atoms with Gasteiger partial charge in [-0.15, -0.1) is 0 Å². The van der Waals surface area contributed by atoms with Gasteiger partial charge in [0.15, 0.2) is 5.78 Å². The Morgan fingerprint density at radius 2 is 1.44 bits per heavy atom. The number of Topliss-reactive ketones (excluding diaryl/α,β-unsaturated/α-hetero) is 1. The summed E-state index contributed by atoms with van der Waals surface area (Å²) in [7, 11) is 1.45. The van der Waals surface area contributed by atoms with Crippen LogP contribution in [0.5, 0.6) is 0 Å². The highest BCUT2D eigenvalue weighted by molar-refractivity contribution is 6.10. The van der Waals surface area contributed by atoms with Gasteiger partial charge in [-0.05, 0) is 96.0 Å². The number of fused-ring (bicyclic) bond motifs is 1. The third kappa shape index (κ3) is 17.0. The first kappa shape index (κ1) is 48.1. The highest BCUT2D eigenvalue weighted by Crippen LogP contribution is 2.51. The zero-order valence-corrected chi connectivity index (χ0v) is 36.6. The second kappa shape index (κ2) is 26.0. The van der Waals surface area contributed by atoms with Crippen LogP contribution in [0.4, 0.5) is 0 Å². The lowest BCUT2D eigenvalue weighted by Gasteiger charge is -2.50. The summed E-state index contributed by atoms with van der Waals surface area (Å²) in [5.74, 6) is 1.06. The normalized spacial score (nSPS) is 22.5. The van der Waals surface area contributed by atoms with Crippen molar-refractivity contribution in [2.45, 2.75) is 221 Å². The Morgan fingerprint density at radius 1 is 0.796 bits per heavy atom. The largest absolute Gasteiger partial charge is 0.469 e. The monoisotopic (exact) mass is 755 g/mol. The van der Waals surface area contributed by atoms with E-state index in [1.165, 1.54) is 71.3 Å². The van der Waals surface area contributed by atoms with Crippen molar-refractivity contribution >= 4 is 11.8 Å². The first-order valence-corrected chi connectivity index (χ1v) is 22.2. The molecule has 0 aromatic carbocycles. The number of carbonyl (C=O) groups is 2. The maximum atomic E-state index is 13.3. The van der Waals surface area contributed by atoms with Crippen LogP contribution in [0.1, 0.15) is 204 Å². The van der Waals surface area contributed by atoms with Crippen LogP contribution in [0.3, 0.4) is 0 Å². The summed E-state index contributed by atoms with van der Waals surface area (Å²) in [5, 5.41) is 0. The molecule has 5 atom stereocenters. The zero-order chi connectivity index (χ0) is 40.0. The minimum atomic E-state index is -1.21.